The number of aromatic nitrogens is 2. The second-order valence-corrected chi connectivity index (χ2v) is 8.32. The lowest BCUT2D eigenvalue weighted by Crippen LogP contribution is -2.44. The molecule has 4 rings (SSSR count). The van der Waals surface area contributed by atoms with Crippen LogP contribution in [-0.4, -0.2) is 61.0 Å². The zero-order chi connectivity index (χ0) is 24.8. The molecule has 1 aromatic heterocycles. The first-order valence-corrected chi connectivity index (χ1v) is 11.3. The molecular weight excluding hydrogens is 447 g/mol. The van der Waals surface area contributed by atoms with Gasteiger partial charge >= 0.3 is 0 Å². The van der Waals surface area contributed by atoms with Gasteiger partial charge in [-0.3, -0.25) is 4.79 Å². The number of benzene rings is 2. The Bertz CT molecular complexity index is 1230. The number of rotatable bonds is 7. The van der Waals surface area contributed by atoms with E-state index in [1.165, 1.54) is 12.3 Å². The molecule has 9 nitrogen and oxygen atoms in total. The Morgan fingerprint density at radius 2 is 1.89 bits per heavy atom. The van der Waals surface area contributed by atoms with E-state index in [0.29, 0.717) is 28.4 Å². The van der Waals surface area contributed by atoms with Crippen molar-refractivity contribution < 1.29 is 9.18 Å². The summed E-state index contributed by atoms with van der Waals surface area (Å²) in [5.74, 6) is 0.147. The summed E-state index contributed by atoms with van der Waals surface area (Å²) in [4.78, 5) is 25.4. The second-order valence-electron chi connectivity index (χ2n) is 8.32. The van der Waals surface area contributed by atoms with Crippen molar-refractivity contribution in [3.63, 3.8) is 0 Å². The first-order chi connectivity index (χ1) is 16.9. The van der Waals surface area contributed by atoms with Crippen molar-refractivity contribution in [2.24, 2.45) is 0 Å². The van der Waals surface area contributed by atoms with E-state index < -0.39 is 0 Å². The average Bonchev–Trinajstić information content (AvgIpc) is 2.86. The Hall–Kier alpha value is -4.23. The van der Waals surface area contributed by atoms with Gasteiger partial charge in [-0.1, -0.05) is 12.1 Å². The van der Waals surface area contributed by atoms with Crippen molar-refractivity contribution in [3.05, 3.63) is 65.6 Å². The number of amides is 1. The fraction of sp³-hybridized carbons (Fsp3) is 0.280. The van der Waals surface area contributed by atoms with Gasteiger partial charge in [-0.2, -0.15) is 10.2 Å². The van der Waals surface area contributed by atoms with Gasteiger partial charge in [0.05, 0.1) is 29.9 Å². The van der Waals surface area contributed by atoms with Crippen molar-refractivity contribution in [2.75, 3.05) is 61.1 Å². The van der Waals surface area contributed by atoms with Crippen LogP contribution in [-0.2, 0) is 11.2 Å². The number of anilines is 5. The van der Waals surface area contributed by atoms with Crippen molar-refractivity contribution in [1.29, 1.82) is 5.26 Å². The molecule has 3 aromatic rings. The summed E-state index contributed by atoms with van der Waals surface area (Å²) in [6, 6.07) is 13.9. The summed E-state index contributed by atoms with van der Waals surface area (Å²) in [5.41, 5.74) is 2.86. The van der Waals surface area contributed by atoms with Crippen LogP contribution in [0.1, 0.15) is 11.1 Å². The number of carbonyl (C=O) groups excluding carboxylic acids is 1. The smallest absolute Gasteiger partial charge is 0.229 e. The lowest BCUT2D eigenvalue weighted by Gasteiger charge is -2.34. The van der Waals surface area contributed by atoms with E-state index in [2.05, 4.69) is 43.9 Å². The van der Waals surface area contributed by atoms with E-state index in [4.69, 9.17) is 5.26 Å². The molecule has 3 N–H and O–H groups in total. The molecule has 0 unspecified atom stereocenters. The fourth-order valence-corrected chi connectivity index (χ4v) is 3.82. The molecule has 2 heterocycles. The predicted octanol–water partition coefficient (Wildman–Crippen LogP) is 3.21. The van der Waals surface area contributed by atoms with Crippen LogP contribution in [0.15, 0.2) is 48.7 Å². The Morgan fingerprint density at radius 3 is 2.54 bits per heavy atom. The minimum Gasteiger partial charge on any atom is -0.371 e. The zero-order valence-corrected chi connectivity index (χ0v) is 19.7. The Morgan fingerprint density at radius 1 is 1.14 bits per heavy atom. The molecule has 0 aliphatic carbocycles. The molecule has 1 fully saturated rings. The first-order valence-electron chi connectivity index (χ1n) is 11.3. The highest BCUT2D eigenvalue weighted by molar-refractivity contribution is 5.94. The van der Waals surface area contributed by atoms with Crippen molar-refractivity contribution in [2.45, 2.75) is 6.42 Å². The summed E-state index contributed by atoms with van der Waals surface area (Å²) in [5, 5.41) is 17.7. The number of nitrogens with zero attached hydrogens (tertiary/aromatic N) is 5. The monoisotopic (exact) mass is 474 g/mol. The van der Waals surface area contributed by atoms with Gasteiger partial charge in [-0.25, -0.2) is 9.37 Å². The van der Waals surface area contributed by atoms with E-state index in [9.17, 15) is 9.18 Å². The Balaban J connectivity index is 1.41. The SMILES string of the molecule is CNc1nc(Nc2ccc(N3CCN(C)CC3)c(F)c2)ncc1NC(=O)Cc1ccc(C#N)cc1. The molecule has 1 amide bonds. The van der Waals surface area contributed by atoms with Gasteiger partial charge < -0.3 is 25.8 Å². The number of carbonyl (C=O) groups is 1. The standard InChI is InChI=1S/C25H27FN8O/c1-28-24-21(31-23(35)13-17-3-5-18(15-27)6-4-17)16-29-25(32-24)30-19-7-8-22(20(26)14-19)34-11-9-33(2)10-12-34/h3-8,14,16H,9-13H2,1-2H3,(H,31,35)(H2,28,29,30,32). The maximum Gasteiger partial charge on any atom is 0.229 e. The quantitative estimate of drug-likeness (QED) is 0.479. The van der Waals surface area contributed by atoms with E-state index in [1.54, 1.807) is 43.4 Å². The van der Waals surface area contributed by atoms with E-state index in [0.717, 1.165) is 31.7 Å². The van der Waals surface area contributed by atoms with Gasteiger partial charge in [0.15, 0.2) is 5.82 Å². The van der Waals surface area contributed by atoms with Gasteiger partial charge in [0.25, 0.3) is 0 Å². The highest BCUT2D eigenvalue weighted by Gasteiger charge is 2.18. The van der Waals surface area contributed by atoms with Crippen LogP contribution in [0, 0.1) is 17.1 Å². The van der Waals surface area contributed by atoms with Crippen LogP contribution in [0.5, 0.6) is 0 Å². The predicted molar refractivity (Wildman–Crippen MR) is 134 cm³/mol. The molecule has 0 atom stereocenters. The molecule has 0 bridgehead atoms. The Kier molecular flexibility index (Phi) is 7.38. The molecule has 1 saturated heterocycles. The summed E-state index contributed by atoms with van der Waals surface area (Å²) >= 11 is 0. The maximum absolute atomic E-state index is 14.8. The third-order valence-corrected chi connectivity index (χ3v) is 5.80. The number of hydrogen-bond donors (Lipinski definition) is 3. The normalized spacial score (nSPS) is 13.7. The highest BCUT2D eigenvalue weighted by atomic mass is 19.1. The summed E-state index contributed by atoms with van der Waals surface area (Å²) in [6.45, 7) is 3.37. The number of nitrogens with one attached hydrogen (secondary N) is 3. The first kappa shape index (κ1) is 23.9. The molecular formula is C25H27FN8O. The van der Waals surface area contributed by atoms with Gasteiger partial charge in [-0.15, -0.1) is 0 Å². The van der Waals surface area contributed by atoms with E-state index in [1.807, 2.05) is 4.90 Å². The number of halogens is 1. The van der Waals surface area contributed by atoms with Gasteiger partial charge in [0, 0.05) is 38.9 Å². The lowest BCUT2D eigenvalue weighted by atomic mass is 10.1. The van der Waals surface area contributed by atoms with Crippen molar-refractivity contribution in [1.82, 2.24) is 14.9 Å². The van der Waals surface area contributed by atoms with Crippen LogP contribution >= 0.6 is 0 Å². The largest absolute Gasteiger partial charge is 0.371 e. The molecule has 1 aliphatic heterocycles. The fourth-order valence-electron chi connectivity index (χ4n) is 3.82. The van der Waals surface area contributed by atoms with E-state index in [-0.39, 0.29) is 24.1 Å². The minimum atomic E-state index is -0.305. The Labute approximate surface area is 203 Å². The van der Waals surface area contributed by atoms with Crippen molar-refractivity contribution in [3.8, 4) is 6.07 Å². The average molecular weight is 475 g/mol. The molecule has 2 aromatic carbocycles. The van der Waals surface area contributed by atoms with Crippen LogP contribution < -0.4 is 20.9 Å². The van der Waals surface area contributed by atoms with Gasteiger partial charge in [-0.05, 0) is 42.9 Å². The van der Waals surface area contributed by atoms with Crippen LogP contribution in [0.2, 0.25) is 0 Å². The number of likely N-dealkylation sites (N-methyl/N-ethyl adjacent to an activating group) is 1. The maximum atomic E-state index is 14.8. The number of nitriles is 1. The molecule has 35 heavy (non-hydrogen) atoms. The summed E-state index contributed by atoms with van der Waals surface area (Å²) in [6.07, 6.45) is 1.64. The van der Waals surface area contributed by atoms with E-state index >= 15 is 0 Å². The molecule has 1 aliphatic rings. The number of piperazine rings is 1. The topological polar surface area (TPSA) is 109 Å². The number of hydrogen-bond acceptors (Lipinski definition) is 8. The zero-order valence-electron chi connectivity index (χ0n) is 19.7. The van der Waals surface area contributed by atoms with Gasteiger partial charge in [0.2, 0.25) is 11.9 Å². The molecule has 0 radical (unpaired) electrons. The highest BCUT2D eigenvalue weighted by Crippen LogP contribution is 2.26. The summed E-state index contributed by atoms with van der Waals surface area (Å²) in [7, 11) is 3.75. The van der Waals surface area contributed by atoms with Crippen LogP contribution in [0.25, 0.3) is 0 Å². The second kappa shape index (κ2) is 10.8. The third kappa shape index (κ3) is 6.02. The molecule has 0 saturated carbocycles. The van der Waals surface area contributed by atoms with Gasteiger partial charge in [0.1, 0.15) is 11.5 Å². The molecule has 0 spiro atoms. The van der Waals surface area contributed by atoms with Crippen molar-refractivity contribution >= 4 is 34.7 Å². The van der Waals surface area contributed by atoms with Crippen LogP contribution in [0.3, 0.4) is 0 Å². The molecule has 10 heteroatoms. The summed E-state index contributed by atoms with van der Waals surface area (Å²) < 4.78 is 14.8. The lowest BCUT2D eigenvalue weighted by molar-refractivity contribution is -0.115. The third-order valence-electron chi connectivity index (χ3n) is 5.80. The minimum absolute atomic E-state index is 0.147. The molecule has 180 valence electrons. The van der Waals surface area contributed by atoms with Crippen LogP contribution in [0.4, 0.5) is 33.2 Å².